The van der Waals surface area contributed by atoms with Crippen LogP contribution >= 0.6 is 0 Å². The molecule has 0 atom stereocenters. The van der Waals surface area contributed by atoms with Crippen LogP contribution in [0.1, 0.15) is 30.5 Å². The molecule has 0 bridgehead atoms. The average Bonchev–Trinajstić information content (AvgIpc) is 2.29. The van der Waals surface area contributed by atoms with Crippen molar-refractivity contribution in [1.29, 1.82) is 0 Å². The fourth-order valence-corrected chi connectivity index (χ4v) is 1.48. The molecule has 0 aliphatic carbocycles. The zero-order valence-corrected chi connectivity index (χ0v) is 11.3. The van der Waals surface area contributed by atoms with Gasteiger partial charge < -0.3 is 11.1 Å². The summed E-state index contributed by atoms with van der Waals surface area (Å²) in [4.78, 5) is 12.0. The molecule has 94 valence electrons. The molecule has 1 amide bonds. The van der Waals surface area contributed by atoms with Crippen molar-refractivity contribution >= 4 is 11.6 Å². The summed E-state index contributed by atoms with van der Waals surface area (Å²) < 4.78 is 0. The molecule has 3 nitrogen and oxygen atoms in total. The lowest BCUT2D eigenvalue weighted by atomic mass is 9.92. The van der Waals surface area contributed by atoms with Crippen LogP contribution in [0, 0.1) is 26.2 Å². The quantitative estimate of drug-likeness (QED) is 0.844. The molecule has 0 spiro atoms. The first kappa shape index (κ1) is 13.7. The van der Waals surface area contributed by atoms with E-state index in [0.717, 1.165) is 11.3 Å². The van der Waals surface area contributed by atoms with E-state index in [4.69, 9.17) is 5.73 Å². The largest absolute Gasteiger partial charge is 0.329 e. The Morgan fingerprint density at radius 3 is 2.35 bits per heavy atom. The van der Waals surface area contributed by atoms with Gasteiger partial charge >= 0.3 is 0 Å². The maximum absolute atomic E-state index is 12.0. The van der Waals surface area contributed by atoms with Gasteiger partial charge in [0.15, 0.2) is 0 Å². The summed E-state index contributed by atoms with van der Waals surface area (Å²) in [6.45, 7) is 10.2. The van der Waals surface area contributed by atoms with E-state index >= 15 is 0 Å². The minimum absolute atomic E-state index is 0.0358. The smallest absolute Gasteiger partial charge is 0.231 e. The lowest BCUT2D eigenvalue weighted by Gasteiger charge is -2.22. The van der Waals surface area contributed by atoms with E-state index in [2.05, 4.69) is 19.2 Å². The van der Waals surface area contributed by atoms with Gasteiger partial charge in [0.1, 0.15) is 0 Å². The monoisotopic (exact) mass is 234 g/mol. The van der Waals surface area contributed by atoms with Gasteiger partial charge in [-0.1, -0.05) is 6.07 Å². The van der Waals surface area contributed by atoms with Gasteiger partial charge in [-0.05, 0) is 57.4 Å². The molecule has 1 aromatic carbocycles. The first-order valence-electron chi connectivity index (χ1n) is 5.88. The van der Waals surface area contributed by atoms with Crippen LogP contribution in [0.5, 0.6) is 0 Å². The van der Waals surface area contributed by atoms with Gasteiger partial charge in [-0.3, -0.25) is 4.79 Å². The molecule has 0 aliphatic heterocycles. The zero-order chi connectivity index (χ0) is 13.2. The molecule has 0 radical (unpaired) electrons. The molecule has 17 heavy (non-hydrogen) atoms. The second-order valence-corrected chi connectivity index (χ2v) is 5.22. The Kier molecular flexibility index (Phi) is 3.94. The summed E-state index contributed by atoms with van der Waals surface area (Å²) in [5, 5.41) is 2.95. The van der Waals surface area contributed by atoms with E-state index in [1.54, 1.807) is 0 Å². The Bertz CT molecular complexity index is 436. The third-order valence-corrected chi connectivity index (χ3v) is 3.43. The van der Waals surface area contributed by atoms with Crippen LogP contribution in [0.25, 0.3) is 0 Å². The highest BCUT2D eigenvalue weighted by atomic mass is 16.2. The summed E-state index contributed by atoms with van der Waals surface area (Å²) in [6.07, 6.45) is 0. The van der Waals surface area contributed by atoms with Gasteiger partial charge in [0, 0.05) is 12.2 Å². The van der Waals surface area contributed by atoms with Crippen LogP contribution in [0.4, 0.5) is 5.69 Å². The number of hydrogen-bond donors (Lipinski definition) is 2. The zero-order valence-electron chi connectivity index (χ0n) is 11.3. The number of carbonyl (C=O) groups is 1. The molecule has 0 saturated carbocycles. The van der Waals surface area contributed by atoms with Crippen molar-refractivity contribution in [1.82, 2.24) is 0 Å². The van der Waals surface area contributed by atoms with Crippen molar-refractivity contribution in [3.63, 3.8) is 0 Å². The molecular formula is C14H22N2O. The topological polar surface area (TPSA) is 55.1 Å². The highest BCUT2D eigenvalue weighted by molar-refractivity contribution is 5.95. The predicted molar refractivity (Wildman–Crippen MR) is 72.1 cm³/mol. The number of rotatable bonds is 3. The minimum Gasteiger partial charge on any atom is -0.329 e. The van der Waals surface area contributed by atoms with Crippen LogP contribution in [0.15, 0.2) is 12.1 Å². The first-order chi connectivity index (χ1) is 7.79. The number of benzene rings is 1. The number of anilines is 1. The van der Waals surface area contributed by atoms with Gasteiger partial charge in [0.05, 0.1) is 5.41 Å². The summed E-state index contributed by atoms with van der Waals surface area (Å²) in [5.74, 6) is -0.0358. The lowest BCUT2D eigenvalue weighted by Crippen LogP contribution is -2.37. The molecule has 0 unspecified atom stereocenters. The lowest BCUT2D eigenvalue weighted by molar-refractivity contribution is -0.123. The molecule has 3 N–H and O–H groups in total. The van der Waals surface area contributed by atoms with Crippen LogP contribution in [0.2, 0.25) is 0 Å². The standard InChI is InChI=1S/C14H22N2O/c1-9-6-7-12(11(3)10(9)2)16-13(17)14(4,5)8-15/h6-7H,8,15H2,1-5H3,(H,16,17). The predicted octanol–water partition coefficient (Wildman–Crippen LogP) is 2.54. The Hall–Kier alpha value is -1.35. The Morgan fingerprint density at radius 1 is 1.24 bits per heavy atom. The second kappa shape index (κ2) is 4.88. The molecule has 0 saturated heterocycles. The van der Waals surface area contributed by atoms with E-state index in [9.17, 15) is 4.79 Å². The van der Waals surface area contributed by atoms with Crippen molar-refractivity contribution < 1.29 is 4.79 Å². The molecule has 1 rings (SSSR count). The van der Waals surface area contributed by atoms with Crippen molar-refractivity contribution in [2.24, 2.45) is 11.1 Å². The maximum atomic E-state index is 12.0. The Labute approximate surface area is 103 Å². The van der Waals surface area contributed by atoms with Gasteiger partial charge in [0.25, 0.3) is 0 Å². The SMILES string of the molecule is Cc1ccc(NC(=O)C(C)(C)CN)c(C)c1C. The summed E-state index contributed by atoms with van der Waals surface area (Å²) >= 11 is 0. The molecule has 0 fully saturated rings. The highest BCUT2D eigenvalue weighted by Crippen LogP contribution is 2.24. The van der Waals surface area contributed by atoms with Crippen LogP contribution in [0.3, 0.4) is 0 Å². The van der Waals surface area contributed by atoms with E-state index < -0.39 is 5.41 Å². The number of amides is 1. The summed E-state index contributed by atoms with van der Waals surface area (Å²) in [7, 11) is 0. The molecule has 0 heterocycles. The van der Waals surface area contributed by atoms with Gasteiger partial charge in [-0.2, -0.15) is 0 Å². The number of carbonyl (C=O) groups excluding carboxylic acids is 1. The van der Waals surface area contributed by atoms with Gasteiger partial charge in [-0.25, -0.2) is 0 Å². The first-order valence-corrected chi connectivity index (χ1v) is 5.88. The fourth-order valence-electron chi connectivity index (χ4n) is 1.48. The second-order valence-electron chi connectivity index (χ2n) is 5.22. The van der Waals surface area contributed by atoms with Crippen molar-refractivity contribution in [2.45, 2.75) is 34.6 Å². The molecule has 0 aliphatic rings. The molecule has 1 aromatic rings. The third kappa shape index (κ3) is 2.86. The molecular weight excluding hydrogens is 212 g/mol. The van der Waals surface area contributed by atoms with Gasteiger partial charge in [0.2, 0.25) is 5.91 Å². The van der Waals surface area contributed by atoms with Crippen LogP contribution in [-0.4, -0.2) is 12.5 Å². The maximum Gasteiger partial charge on any atom is 0.231 e. The highest BCUT2D eigenvalue weighted by Gasteiger charge is 2.26. The van der Waals surface area contributed by atoms with E-state index in [1.807, 2.05) is 32.9 Å². The van der Waals surface area contributed by atoms with Crippen LogP contribution < -0.4 is 11.1 Å². The Balaban J connectivity index is 2.98. The van der Waals surface area contributed by atoms with Gasteiger partial charge in [-0.15, -0.1) is 0 Å². The van der Waals surface area contributed by atoms with Crippen LogP contribution in [-0.2, 0) is 4.79 Å². The Morgan fingerprint density at radius 2 is 1.82 bits per heavy atom. The van der Waals surface area contributed by atoms with E-state index in [-0.39, 0.29) is 5.91 Å². The number of nitrogens with one attached hydrogen (secondary N) is 1. The van der Waals surface area contributed by atoms with Crippen molar-refractivity contribution in [3.05, 3.63) is 28.8 Å². The molecule has 3 heteroatoms. The van der Waals surface area contributed by atoms with E-state index in [0.29, 0.717) is 6.54 Å². The third-order valence-electron chi connectivity index (χ3n) is 3.43. The normalized spacial score (nSPS) is 11.4. The average molecular weight is 234 g/mol. The number of hydrogen-bond acceptors (Lipinski definition) is 2. The van der Waals surface area contributed by atoms with Crippen molar-refractivity contribution in [2.75, 3.05) is 11.9 Å². The minimum atomic E-state index is -0.536. The fraction of sp³-hybridized carbons (Fsp3) is 0.500. The van der Waals surface area contributed by atoms with Crippen molar-refractivity contribution in [3.8, 4) is 0 Å². The number of aryl methyl sites for hydroxylation is 1. The molecule has 0 aromatic heterocycles. The van der Waals surface area contributed by atoms with E-state index in [1.165, 1.54) is 11.1 Å². The summed E-state index contributed by atoms with van der Waals surface area (Å²) in [5.41, 5.74) is 9.50. The summed E-state index contributed by atoms with van der Waals surface area (Å²) in [6, 6.07) is 3.97. The number of nitrogens with two attached hydrogens (primary N) is 1.